The molecule has 106 valence electrons. The van der Waals surface area contributed by atoms with Crippen molar-refractivity contribution in [3.63, 3.8) is 0 Å². The number of thiophene rings is 1. The fourth-order valence-electron chi connectivity index (χ4n) is 1.52. The molecule has 1 amide bonds. The zero-order valence-corrected chi connectivity index (χ0v) is 11.5. The van der Waals surface area contributed by atoms with Crippen LogP contribution in [0.2, 0.25) is 0 Å². The van der Waals surface area contributed by atoms with E-state index in [2.05, 4.69) is 20.7 Å². The van der Waals surface area contributed by atoms with Gasteiger partial charge in [0.2, 0.25) is 11.7 Å². The van der Waals surface area contributed by atoms with Gasteiger partial charge in [-0.15, -0.1) is 10.2 Å². The molecule has 2 aromatic rings. The highest BCUT2D eigenvalue weighted by Crippen LogP contribution is 2.16. The van der Waals surface area contributed by atoms with E-state index in [9.17, 15) is 9.59 Å². The molecule has 0 unspecified atom stereocenters. The second kappa shape index (κ2) is 6.24. The van der Waals surface area contributed by atoms with Gasteiger partial charge in [0.15, 0.2) is 0 Å². The Morgan fingerprint density at radius 3 is 2.95 bits per heavy atom. The van der Waals surface area contributed by atoms with E-state index in [-0.39, 0.29) is 6.54 Å². The van der Waals surface area contributed by atoms with E-state index in [1.807, 2.05) is 16.8 Å². The highest BCUT2D eigenvalue weighted by atomic mass is 32.1. The maximum absolute atomic E-state index is 11.7. The Labute approximate surface area is 118 Å². The van der Waals surface area contributed by atoms with Crippen LogP contribution in [-0.4, -0.2) is 43.2 Å². The maximum atomic E-state index is 11.7. The predicted molar refractivity (Wildman–Crippen MR) is 71.0 cm³/mol. The first-order valence-electron chi connectivity index (χ1n) is 5.92. The third kappa shape index (κ3) is 3.38. The zero-order valence-electron chi connectivity index (χ0n) is 10.7. The third-order valence-corrected chi connectivity index (χ3v) is 3.24. The van der Waals surface area contributed by atoms with Crippen molar-refractivity contribution < 1.29 is 14.7 Å². The van der Waals surface area contributed by atoms with E-state index in [0.717, 1.165) is 10.4 Å². The highest BCUT2D eigenvalue weighted by molar-refractivity contribution is 7.08. The number of aliphatic carboxylic acids is 1. The number of rotatable bonds is 6. The van der Waals surface area contributed by atoms with Gasteiger partial charge in [0, 0.05) is 10.9 Å². The van der Waals surface area contributed by atoms with Crippen molar-refractivity contribution in [3.05, 3.63) is 16.8 Å². The molecule has 2 rings (SSSR count). The molecule has 0 aliphatic carbocycles. The Morgan fingerprint density at radius 1 is 1.55 bits per heavy atom. The Balaban J connectivity index is 1.97. The van der Waals surface area contributed by atoms with Gasteiger partial charge < -0.3 is 10.4 Å². The van der Waals surface area contributed by atoms with Gasteiger partial charge in [-0.05, 0) is 23.1 Å². The lowest BCUT2D eigenvalue weighted by molar-refractivity contribution is -0.142. The summed E-state index contributed by atoms with van der Waals surface area (Å²) >= 11 is 1.51. The van der Waals surface area contributed by atoms with Crippen molar-refractivity contribution in [1.29, 1.82) is 0 Å². The molecule has 0 saturated carbocycles. The average Bonchev–Trinajstić information content (AvgIpc) is 3.05. The summed E-state index contributed by atoms with van der Waals surface area (Å²) in [5.41, 5.74) is 0.832. The number of hydrogen-bond acceptors (Lipinski definition) is 6. The molecule has 9 heteroatoms. The van der Waals surface area contributed by atoms with Crippen molar-refractivity contribution in [3.8, 4) is 11.4 Å². The van der Waals surface area contributed by atoms with Crippen LogP contribution >= 0.6 is 11.3 Å². The fourth-order valence-corrected chi connectivity index (χ4v) is 2.16. The van der Waals surface area contributed by atoms with Crippen LogP contribution < -0.4 is 5.32 Å². The molecule has 2 heterocycles. The summed E-state index contributed by atoms with van der Waals surface area (Å²) in [5, 5.41) is 26.7. The minimum absolute atomic E-state index is 0.166. The van der Waals surface area contributed by atoms with Crippen molar-refractivity contribution in [2.45, 2.75) is 25.9 Å². The van der Waals surface area contributed by atoms with Crippen LogP contribution in [0.15, 0.2) is 16.8 Å². The molecular weight excluding hydrogens is 282 g/mol. The molecule has 2 N–H and O–H groups in total. The summed E-state index contributed by atoms with van der Waals surface area (Å²) in [7, 11) is 0. The molecule has 0 saturated heterocycles. The minimum Gasteiger partial charge on any atom is -0.480 e. The number of nitrogens with zero attached hydrogens (tertiary/aromatic N) is 4. The van der Waals surface area contributed by atoms with E-state index in [1.54, 1.807) is 6.92 Å². The van der Waals surface area contributed by atoms with Crippen molar-refractivity contribution in [2.24, 2.45) is 0 Å². The smallest absolute Gasteiger partial charge is 0.326 e. The second-order valence-electron chi connectivity index (χ2n) is 4.02. The molecule has 0 fully saturated rings. The summed E-state index contributed by atoms with van der Waals surface area (Å²) in [6, 6.07) is 0.950. The quantitative estimate of drug-likeness (QED) is 0.797. The van der Waals surface area contributed by atoms with Gasteiger partial charge in [-0.25, -0.2) is 4.79 Å². The number of carbonyl (C=O) groups is 2. The summed E-state index contributed by atoms with van der Waals surface area (Å²) in [5.74, 6) is -1.09. The summed E-state index contributed by atoms with van der Waals surface area (Å²) < 4.78 is 0. The molecule has 0 radical (unpaired) electrons. The molecule has 8 nitrogen and oxygen atoms in total. The van der Waals surface area contributed by atoms with Gasteiger partial charge in [-0.1, -0.05) is 6.92 Å². The number of tetrazole rings is 1. The van der Waals surface area contributed by atoms with Crippen LogP contribution in [-0.2, 0) is 16.1 Å². The summed E-state index contributed by atoms with van der Waals surface area (Å²) in [6.45, 7) is 1.52. The number of carboxylic acid groups (broad SMARTS) is 1. The molecule has 1 atom stereocenters. The van der Waals surface area contributed by atoms with E-state index in [4.69, 9.17) is 5.11 Å². The number of nitrogens with one attached hydrogen (secondary N) is 1. The Morgan fingerprint density at radius 2 is 2.35 bits per heavy atom. The lowest BCUT2D eigenvalue weighted by atomic mass is 10.2. The lowest BCUT2D eigenvalue weighted by Gasteiger charge is -2.11. The maximum Gasteiger partial charge on any atom is 0.326 e. The minimum atomic E-state index is -1.06. The predicted octanol–water partition coefficient (Wildman–Crippen LogP) is 0.381. The first kappa shape index (κ1) is 14.1. The number of carboxylic acids is 1. The van der Waals surface area contributed by atoms with Gasteiger partial charge in [0.1, 0.15) is 12.6 Å². The van der Waals surface area contributed by atoms with E-state index in [0.29, 0.717) is 12.2 Å². The second-order valence-corrected chi connectivity index (χ2v) is 4.80. The molecule has 0 bridgehead atoms. The van der Waals surface area contributed by atoms with Crippen LogP contribution in [0.3, 0.4) is 0 Å². The van der Waals surface area contributed by atoms with Crippen molar-refractivity contribution in [2.75, 3.05) is 0 Å². The van der Waals surface area contributed by atoms with Crippen LogP contribution in [0.1, 0.15) is 13.3 Å². The number of hydrogen-bond donors (Lipinski definition) is 2. The zero-order chi connectivity index (χ0) is 14.5. The van der Waals surface area contributed by atoms with Crippen molar-refractivity contribution >= 4 is 23.2 Å². The van der Waals surface area contributed by atoms with Crippen LogP contribution in [0.25, 0.3) is 11.4 Å². The standard InChI is InChI=1S/C11H13N5O3S/c1-2-8(11(18)19)12-9(17)5-16-14-10(13-15-16)7-3-4-20-6-7/h3-4,6,8H,2,5H2,1H3,(H,12,17)(H,18,19)/t8-/m1/s1. The largest absolute Gasteiger partial charge is 0.480 e. The van der Waals surface area contributed by atoms with E-state index >= 15 is 0 Å². The van der Waals surface area contributed by atoms with Gasteiger partial charge in [0.05, 0.1) is 0 Å². The number of amides is 1. The summed E-state index contributed by atoms with van der Waals surface area (Å²) in [4.78, 5) is 23.6. The van der Waals surface area contributed by atoms with Crippen LogP contribution in [0.4, 0.5) is 0 Å². The number of carbonyl (C=O) groups excluding carboxylic acids is 1. The monoisotopic (exact) mass is 295 g/mol. The number of aromatic nitrogens is 4. The SMILES string of the molecule is CC[C@@H](NC(=O)Cn1nnc(-c2ccsc2)n1)C(=O)O. The Bertz CT molecular complexity index is 595. The topological polar surface area (TPSA) is 110 Å². The normalized spacial score (nSPS) is 12.1. The molecule has 0 spiro atoms. The van der Waals surface area contributed by atoms with E-state index < -0.39 is 17.9 Å². The average molecular weight is 295 g/mol. The van der Waals surface area contributed by atoms with Crippen LogP contribution in [0, 0.1) is 0 Å². The molecule has 0 aliphatic rings. The Hall–Kier alpha value is -2.29. The van der Waals surface area contributed by atoms with Gasteiger partial charge in [0.25, 0.3) is 0 Å². The first-order valence-corrected chi connectivity index (χ1v) is 6.87. The van der Waals surface area contributed by atoms with Crippen LogP contribution in [0.5, 0.6) is 0 Å². The van der Waals surface area contributed by atoms with Gasteiger partial charge in [-0.2, -0.15) is 16.1 Å². The molecular formula is C11H13N5O3S. The molecule has 0 aromatic carbocycles. The highest BCUT2D eigenvalue weighted by Gasteiger charge is 2.18. The molecule has 20 heavy (non-hydrogen) atoms. The molecule has 0 aliphatic heterocycles. The van der Waals surface area contributed by atoms with Gasteiger partial charge >= 0.3 is 5.97 Å². The molecule has 2 aromatic heterocycles. The van der Waals surface area contributed by atoms with Gasteiger partial charge in [-0.3, -0.25) is 4.79 Å². The first-order chi connectivity index (χ1) is 9.60. The fraction of sp³-hybridized carbons (Fsp3) is 0.364. The summed E-state index contributed by atoms with van der Waals surface area (Å²) in [6.07, 6.45) is 0.312. The van der Waals surface area contributed by atoms with Crippen molar-refractivity contribution in [1.82, 2.24) is 25.5 Å². The third-order valence-electron chi connectivity index (χ3n) is 2.56. The van der Waals surface area contributed by atoms with E-state index in [1.165, 1.54) is 11.3 Å². The lowest BCUT2D eigenvalue weighted by Crippen LogP contribution is -2.42. The Kier molecular flexibility index (Phi) is 4.41.